The molecule has 5 aromatic rings. The van der Waals surface area contributed by atoms with Crippen molar-refractivity contribution in [1.82, 2.24) is 19.1 Å². The van der Waals surface area contributed by atoms with E-state index in [-0.39, 0.29) is 71.1 Å². The quantitative estimate of drug-likeness (QED) is 0.0267. The van der Waals surface area contributed by atoms with Crippen molar-refractivity contribution in [3.63, 3.8) is 0 Å². The Kier molecular flexibility index (Phi) is 29.9. The van der Waals surface area contributed by atoms with Crippen LogP contribution >= 0.6 is 69.6 Å². The molecule has 2 aromatic heterocycles. The first-order chi connectivity index (χ1) is 41.1. The van der Waals surface area contributed by atoms with Crippen molar-refractivity contribution in [2.24, 2.45) is 34.5 Å². The number of aliphatic hydroxyl groups excluding tert-OH is 1. The van der Waals surface area contributed by atoms with Gasteiger partial charge in [-0.25, -0.2) is 9.97 Å². The van der Waals surface area contributed by atoms with E-state index in [4.69, 9.17) is 98.0 Å². The fraction of sp³-hybridized carbons (Fsp3) is 0.508. The molecule has 2 saturated carbocycles. The smallest absolute Gasteiger partial charge is 0.308 e. The van der Waals surface area contributed by atoms with Gasteiger partial charge in [0.15, 0.2) is 11.6 Å². The summed E-state index contributed by atoms with van der Waals surface area (Å²) in [6.45, 7) is 9.45. The summed E-state index contributed by atoms with van der Waals surface area (Å²) in [6.07, 6.45) is 8.77. The largest absolute Gasteiger partial charge is 0.497 e. The maximum Gasteiger partial charge on any atom is 0.308 e. The normalized spacial score (nSPS) is 16.5. The number of nitrogens with zero attached hydrogens (tertiary/aromatic N) is 4. The van der Waals surface area contributed by atoms with E-state index in [9.17, 15) is 24.3 Å². The van der Waals surface area contributed by atoms with Crippen molar-refractivity contribution in [3.05, 3.63) is 122 Å². The molecule has 0 aliphatic heterocycles. The Balaban J connectivity index is 0.000000307. The molecule has 0 radical (unpaired) electrons. The topological polar surface area (TPSA) is 180 Å². The highest BCUT2D eigenvalue weighted by molar-refractivity contribution is 6.40. The Labute approximate surface area is 536 Å². The molecular weight excluding hydrogens is 1230 g/mol. The summed E-state index contributed by atoms with van der Waals surface area (Å²) >= 11 is 34.5. The van der Waals surface area contributed by atoms with Gasteiger partial charge >= 0.3 is 11.9 Å². The number of carbonyl (C=O) groups excluding carboxylic acids is 4. The minimum atomic E-state index is -0.646. The van der Waals surface area contributed by atoms with Gasteiger partial charge in [0.2, 0.25) is 10.6 Å². The van der Waals surface area contributed by atoms with Gasteiger partial charge in [-0.1, -0.05) is 47.2 Å². The molecule has 7 rings (SSSR count). The Morgan fingerprint density at radius 3 is 1.34 bits per heavy atom. The predicted octanol–water partition coefficient (Wildman–Crippen LogP) is 14.8. The van der Waals surface area contributed by atoms with Crippen molar-refractivity contribution >= 4 is 93.1 Å². The van der Waals surface area contributed by atoms with Crippen LogP contribution in [0.1, 0.15) is 143 Å². The lowest BCUT2D eigenvalue weighted by molar-refractivity contribution is -0.147. The van der Waals surface area contributed by atoms with E-state index in [1.807, 2.05) is 52.0 Å². The molecule has 0 atom stereocenters. The number of aromatic nitrogens is 4. The SMILES string of the molecule is COC(=O)C1CCC(CCC(=O)c2c(C#CC(C)(C)CO)nc(Cl)n2CCOc2ccc(Cl)cc2)CC1.COC(=O)C1CCC(CCC(=O)c2c(C#CC(C)(C)COCc3ccc(OC)cc3)nc(Cl)n2CCOc2ccc(Cl)cc2)CC1.ClCCl. The van der Waals surface area contributed by atoms with Crippen LogP contribution in [-0.4, -0.2) is 101 Å². The van der Waals surface area contributed by atoms with Crippen LogP contribution in [-0.2, 0) is 43.5 Å². The molecule has 15 nitrogen and oxygen atoms in total. The number of imidazole rings is 2. The molecule has 2 heterocycles. The van der Waals surface area contributed by atoms with Gasteiger partial charge in [0.05, 0.1) is 71.4 Å². The monoisotopic (exact) mass is 1300 g/mol. The van der Waals surface area contributed by atoms with Gasteiger partial charge < -0.3 is 42.7 Å². The molecule has 466 valence electrons. The van der Waals surface area contributed by atoms with Crippen LogP contribution in [0.15, 0.2) is 72.8 Å². The standard InChI is InChI=1S/C36H42Cl2N2O6.C28H34Cl2N2O5.CH2Cl2/c1-36(2,24-45-23-26-7-14-29(43-3)15-8-26)20-19-31-33(32(41)18-9-25-5-10-27(11-6-25)34(42)44-4)40(35(38)39-31)21-22-46-30-16-12-28(37)13-17-30;1-28(2,18-33)15-14-23-25(24(34)13-6-19-4-7-20(8-5-19)26(35)36-3)32(27(30)31-23)16-17-37-22-11-9-21(29)10-12-22;2-1-3/h7-8,12-17,25,27H,5-6,9-11,18,21-24H2,1-4H3;9-12,19-20,33H,4-8,13,16-18H2,1-3H3;1H2. The van der Waals surface area contributed by atoms with Crippen molar-refractivity contribution in [2.75, 3.05) is 53.1 Å². The van der Waals surface area contributed by atoms with E-state index < -0.39 is 10.8 Å². The molecule has 0 unspecified atom stereocenters. The Morgan fingerprint density at radius 1 is 0.581 bits per heavy atom. The second-order valence-electron chi connectivity index (χ2n) is 22.3. The van der Waals surface area contributed by atoms with Gasteiger partial charge in [-0.15, -0.1) is 23.2 Å². The van der Waals surface area contributed by atoms with Gasteiger partial charge in [0.1, 0.15) is 53.2 Å². The number of hydrogen-bond acceptors (Lipinski definition) is 13. The molecule has 0 amide bonds. The number of rotatable bonds is 24. The Morgan fingerprint density at radius 2 is 0.965 bits per heavy atom. The van der Waals surface area contributed by atoms with Gasteiger partial charge in [0, 0.05) is 33.7 Å². The van der Waals surface area contributed by atoms with E-state index in [2.05, 4.69) is 33.6 Å². The molecule has 2 fully saturated rings. The van der Waals surface area contributed by atoms with E-state index in [0.29, 0.717) is 108 Å². The van der Waals surface area contributed by atoms with E-state index in [1.165, 1.54) is 14.2 Å². The summed E-state index contributed by atoms with van der Waals surface area (Å²) in [5, 5.41) is 11.3. The number of hydrogen-bond donors (Lipinski definition) is 1. The van der Waals surface area contributed by atoms with Gasteiger partial charge in [-0.05, 0) is 205 Å². The minimum Gasteiger partial charge on any atom is -0.497 e. The fourth-order valence-electron chi connectivity index (χ4n) is 9.86. The molecule has 1 N–H and O–H groups in total. The third-order valence-corrected chi connectivity index (χ3v) is 15.9. The maximum atomic E-state index is 13.8. The first kappa shape index (κ1) is 71.3. The molecule has 0 saturated heterocycles. The Hall–Kier alpha value is -5.46. The van der Waals surface area contributed by atoms with Crippen LogP contribution in [0.2, 0.25) is 20.6 Å². The molecule has 86 heavy (non-hydrogen) atoms. The molecule has 3 aromatic carbocycles. The molecular formula is C65H78Cl6N4O11. The van der Waals surface area contributed by atoms with Crippen molar-refractivity contribution in [2.45, 2.75) is 124 Å². The predicted molar refractivity (Wildman–Crippen MR) is 338 cm³/mol. The summed E-state index contributed by atoms with van der Waals surface area (Å²) in [5.74, 6) is 14.7. The summed E-state index contributed by atoms with van der Waals surface area (Å²) in [5.41, 5.74) is 1.26. The lowest BCUT2D eigenvalue weighted by Crippen LogP contribution is -2.23. The summed E-state index contributed by atoms with van der Waals surface area (Å²) in [4.78, 5) is 59.8. The van der Waals surface area contributed by atoms with Crippen LogP contribution in [0.3, 0.4) is 0 Å². The zero-order valence-corrected chi connectivity index (χ0v) is 54.5. The van der Waals surface area contributed by atoms with Gasteiger partial charge in [0.25, 0.3) is 0 Å². The number of aliphatic hydroxyl groups is 1. The van der Waals surface area contributed by atoms with Crippen molar-refractivity contribution in [1.29, 1.82) is 0 Å². The number of alkyl halides is 2. The summed E-state index contributed by atoms with van der Waals surface area (Å²) in [6, 6.07) is 21.8. The second-order valence-corrected chi connectivity index (χ2v) is 24.7. The van der Waals surface area contributed by atoms with E-state index >= 15 is 0 Å². The highest BCUT2D eigenvalue weighted by atomic mass is 35.5. The first-order valence-corrected chi connectivity index (χ1v) is 31.2. The minimum absolute atomic E-state index is 0.0467. The van der Waals surface area contributed by atoms with Crippen LogP contribution in [0.4, 0.5) is 0 Å². The molecule has 2 aliphatic carbocycles. The molecule has 0 spiro atoms. The number of carbonyl (C=O) groups is 4. The second kappa shape index (κ2) is 36.1. The lowest BCUT2D eigenvalue weighted by atomic mass is 9.79. The van der Waals surface area contributed by atoms with Crippen molar-refractivity contribution < 1.29 is 52.7 Å². The first-order valence-electron chi connectivity index (χ1n) is 28.6. The average molecular weight is 1300 g/mol. The number of ketones is 2. The Bertz CT molecular complexity index is 3090. The number of esters is 2. The van der Waals surface area contributed by atoms with Crippen LogP contribution in [0.5, 0.6) is 17.2 Å². The third kappa shape index (κ3) is 23.2. The number of benzene rings is 3. The number of Topliss-reactive ketones (excluding diaryl/α,β-unsaturated/α-hetero) is 2. The van der Waals surface area contributed by atoms with Crippen LogP contribution < -0.4 is 14.2 Å². The van der Waals surface area contributed by atoms with Gasteiger partial charge in [-0.2, -0.15) is 0 Å². The van der Waals surface area contributed by atoms with Gasteiger partial charge in [-0.3, -0.25) is 19.2 Å². The lowest BCUT2D eigenvalue weighted by Gasteiger charge is -2.26. The van der Waals surface area contributed by atoms with E-state index in [0.717, 1.165) is 62.7 Å². The maximum absolute atomic E-state index is 13.8. The fourth-order valence-corrected chi connectivity index (χ4v) is 10.6. The average Bonchev–Trinajstić information content (AvgIpc) is 2.54. The molecule has 2 aliphatic rings. The number of methoxy groups -OCH3 is 3. The van der Waals surface area contributed by atoms with E-state index in [1.54, 1.807) is 64.8 Å². The van der Waals surface area contributed by atoms with Crippen molar-refractivity contribution in [3.8, 4) is 40.9 Å². The number of halogens is 6. The highest BCUT2D eigenvalue weighted by Gasteiger charge is 2.31. The number of ether oxygens (including phenoxy) is 6. The summed E-state index contributed by atoms with van der Waals surface area (Å²) < 4.78 is 36.0. The van der Waals surface area contributed by atoms with Crippen LogP contribution in [0.25, 0.3) is 0 Å². The highest BCUT2D eigenvalue weighted by Crippen LogP contribution is 2.35. The zero-order chi connectivity index (χ0) is 62.8. The summed E-state index contributed by atoms with van der Waals surface area (Å²) in [7, 11) is 4.49. The molecule has 0 bridgehead atoms. The van der Waals surface area contributed by atoms with Crippen LogP contribution in [0, 0.1) is 58.2 Å². The third-order valence-electron chi connectivity index (χ3n) is 14.8. The molecule has 21 heteroatoms. The zero-order valence-electron chi connectivity index (χ0n) is 50.0.